The van der Waals surface area contributed by atoms with Crippen molar-refractivity contribution in [1.29, 1.82) is 0 Å². The Morgan fingerprint density at radius 3 is 1.18 bits per heavy atom. The molecule has 3 nitrogen and oxygen atoms in total. The van der Waals surface area contributed by atoms with Crippen LogP contribution in [-0.4, -0.2) is 48.3 Å². The van der Waals surface area contributed by atoms with Crippen LogP contribution in [0.4, 0.5) is 0 Å². The van der Waals surface area contributed by atoms with Gasteiger partial charge in [-0.25, -0.2) is 8.42 Å². The Morgan fingerprint density at radius 1 is 0.636 bits per heavy atom. The van der Waals surface area contributed by atoms with E-state index in [1.807, 2.05) is 0 Å². The predicted molar refractivity (Wildman–Crippen MR) is 92.0 cm³/mol. The van der Waals surface area contributed by atoms with E-state index < -0.39 is 10.1 Å². The van der Waals surface area contributed by atoms with Crippen LogP contribution < -0.4 is 51.4 Å². The molecule has 0 unspecified atom stereocenters. The molecule has 0 aromatic carbocycles. The summed E-state index contributed by atoms with van der Waals surface area (Å²) in [6.45, 7) is 2.25. The van der Waals surface area contributed by atoms with E-state index in [0.29, 0.717) is 6.42 Å². The zero-order valence-electron chi connectivity index (χ0n) is 14.2. The quantitative estimate of drug-likeness (QED) is 0.249. The van der Waals surface area contributed by atoms with Crippen LogP contribution >= 0.6 is 0 Å². The molecule has 6 heteroatoms. The van der Waals surface area contributed by atoms with Gasteiger partial charge < -0.3 is 4.55 Å². The van der Waals surface area contributed by atoms with Crippen molar-refractivity contribution in [3.8, 4) is 0 Å². The first kappa shape index (κ1) is 29.3. The average molecular weight is 369 g/mol. The monoisotopic (exact) mass is 368 g/mol. The van der Waals surface area contributed by atoms with Gasteiger partial charge in [-0.3, -0.25) is 0 Å². The maximum absolute atomic E-state index is 10.4. The first-order valence-electron chi connectivity index (χ1n) is 8.50. The van der Waals surface area contributed by atoms with Gasteiger partial charge in [0.1, 0.15) is 0 Å². The topological polar surface area (TPSA) is 57.2 Å². The fourth-order valence-corrected chi connectivity index (χ4v) is 3.03. The van der Waals surface area contributed by atoms with Gasteiger partial charge in [0.25, 0.3) is 0 Å². The molecular weight excluding hydrogens is 334 g/mol. The number of unbranched alkanes of at least 4 members (excludes halogenated alkanes) is 13. The minimum atomic E-state index is -3.99. The third-order valence-electron chi connectivity index (χ3n) is 3.75. The van der Waals surface area contributed by atoms with Gasteiger partial charge in [0.2, 0.25) is 0 Å². The molecule has 0 heterocycles. The average Bonchev–Trinajstić information content (AvgIpc) is 2.38. The van der Waals surface area contributed by atoms with Crippen molar-refractivity contribution < 1.29 is 64.4 Å². The van der Waals surface area contributed by atoms with E-state index in [1.165, 1.54) is 70.6 Å². The van der Waals surface area contributed by atoms with Crippen molar-refractivity contribution in [1.82, 2.24) is 0 Å². The van der Waals surface area contributed by atoms with Crippen molar-refractivity contribution in [2.24, 2.45) is 0 Å². The molecule has 0 spiro atoms. The second kappa shape index (κ2) is 21.6. The van der Waals surface area contributed by atoms with Crippen LogP contribution in [0.3, 0.4) is 0 Å². The Kier molecular flexibility index (Phi) is 28.8. The molecule has 0 aromatic heterocycles. The van der Waals surface area contributed by atoms with Crippen LogP contribution in [0.1, 0.15) is 96.8 Å². The zero-order valence-corrected chi connectivity index (χ0v) is 18.2. The standard InChI is InChI=1S/C16H34O3S.K.Na.H/c1-2-3-4-5-6-7-8-9-10-11-12-13-14-15-16-20(17,18)19;;;/h2-16H2,1H3,(H,17,18,19);;;/q;+1;;/p-1. The van der Waals surface area contributed by atoms with Gasteiger partial charge in [-0.2, -0.15) is 0 Å². The van der Waals surface area contributed by atoms with Gasteiger partial charge in [-0.1, -0.05) is 90.4 Å². The Labute approximate surface area is 203 Å². The van der Waals surface area contributed by atoms with E-state index in [0.717, 1.165) is 12.8 Å². The van der Waals surface area contributed by atoms with E-state index in [4.69, 9.17) is 0 Å². The van der Waals surface area contributed by atoms with Gasteiger partial charge in [0.15, 0.2) is 0 Å². The molecule has 0 N–H and O–H groups in total. The summed E-state index contributed by atoms with van der Waals surface area (Å²) in [7, 11) is -3.99. The Balaban J connectivity index is -0.00000180. The van der Waals surface area contributed by atoms with Crippen LogP contribution in [0.25, 0.3) is 0 Å². The van der Waals surface area contributed by atoms with Crippen LogP contribution in [0.5, 0.6) is 0 Å². The minimum absolute atomic E-state index is 0. The van der Waals surface area contributed by atoms with Gasteiger partial charge in [0, 0.05) is 5.75 Å². The third kappa shape index (κ3) is 27.4. The fourth-order valence-electron chi connectivity index (χ4n) is 2.47. The molecule has 0 radical (unpaired) electrons. The predicted octanol–water partition coefficient (Wildman–Crippen LogP) is 1.37. The molecule has 22 heavy (non-hydrogen) atoms. The van der Waals surface area contributed by atoms with Gasteiger partial charge in [-0.05, 0) is 6.42 Å². The molecule has 0 aliphatic carbocycles. The van der Waals surface area contributed by atoms with E-state index in [-0.39, 0.29) is 86.7 Å². The van der Waals surface area contributed by atoms with E-state index in [9.17, 15) is 13.0 Å². The van der Waals surface area contributed by atoms with E-state index >= 15 is 0 Å². The number of hydrogen-bond acceptors (Lipinski definition) is 3. The van der Waals surface area contributed by atoms with Crippen LogP contribution in [-0.2, 0) is 10.1 Å². The van der Waals surface area contributed by atoms with E-state index in [1.54, 1.807) is 0 Å². The molecule has 0 atom stereocenters. The second-order valence-electron chi connectivity index (χ2n) is 5.86. The molecule has 0 fully saturated rings. The zero-order chi connectivity index (χ0) is 15.1. The summed E-state index contributed by atoms with van der Waals surface area (Å²) in [5.41, 5.74) is 0. The molecule has 0 rings (SSSR count). The summed E-state index contributed by atoms with van der Waals surface area (Å²) in [6, 6.07) is 0. The van der Waals surface area contributed by atoms with Crippen molar-refractivity contribution in [2.75, 3.05) is 5.75 Å². The third-order valence-corrected chi connectivity index (χ3v) is 4.54. The Morgan fingerprint density at radius 2 is 0.909 bits per heavy atom. The number of hydrogen-bond donors (Lipinski definition) is 0. The van der Waals surface area contributed by atoms with Gasteiger partial charge >= 0.3 is 80.9 Å². The summed E-state index contributed by atoms with van der Waals surface area (Å²) < 4.78 is 31.2. The summed E-state index contributed by atoms with van der Waals surface area (Å²) in [5.74, 6) is -0.189. The van der Waals surface area contributed by atoms with Gasteiger partial charge in [0.05, 0.1) is 10.1 Å². The first-order valence-corrected chi connectivity index (χ1v) is 10.1. The summed E-state index contributed by atoms with van der Waals surface area (Å²) in [5, 5.41) is 0. The van der Waals surface area contributed by atoms with Gasteiger partial charge in [-0.15, -0.1) is 0 Å². The molecular formula is C16H34KNaO3S. The van der Waals surface area contributed by atoms with Crippen molar-refractivity contribution in [2.45, 2.75) is 96.8 Å². The summed E-state index contributed by atoms with van der Waals surface area (Å²) >= 11 is 0. The second-order valence-corrected chi connectivity index (χ2v) is 7.38. The SMILES string of the molecule is CCCCCCCCCCCCCCCCS(=O)(=O)[O-].[K+].[NaH]. The van der Waals surface area contributed by atoms with Crippen LogP contribution in [0, 0.1) is 0 Å². The maximum atomic E-state index is 10.4. The van der Waals surface area contributed by atoms with Crippen molar-refractivity contribution in [3.63, 3.8) is 0 Å². The van der Waals surface area contributed by atoms with Crippen molar-refractivity contribution in [3.05, 3.63) is 0 Å². The Hall–Kier alpha value is 2.55. The van der Waals surface area contributed by atoms with Crippen molar-refractivity contribution >= 4 is 39.7 Å². The molecule has 0 bridgehead atoms. The molecule has 0 aliphatic heterocycles. The number of rotatable bonds is 15. The summed E-state index contributed by atoms with van der Waals surface area (Å²) in [4.78, 5) is 0. The molecule has 0 aliphatic rings. The molecule has 124 valence electrons. The summed E-state index contributed by atoms with van der Waals surface area (Å²) in [6.07, 6.45) is 17.2. The molecule has 0 saturated carbocycles. The molecule has 0 aromatic rings. The van der Waals surface area contributed by atoms with E-state index in [2.05, 4.69) is 6.92 Å². The van der Waals surface area contributed by atoms with Crippen LogP contribution in [0.2, 0.25) is 0 Å². The fraction of sp³-hybridized carbons (Fsp3) is 1.00. The molecule has 0 amide bonds. The Bertz CT molecular complexity index is 298. The molecule has 0 saturated heterocycles. The normalized spacial score (nSPS) is 10.8. The first-order chi connectivity index (χ1) is 9.56. The van der Waals surface area contributed by atoms with Crippen LogP contribution in [0.15, 0.2) is 0 Å².